The minimum Gasteiger partial charge on any atom is -0.463 e. The summed E-state index contributed by atoms with van der Waals surface area (Å²) < 4.78 is 12.2. The lowest BCUT2D eigenvalue weighted by atomic mass is 9.70. The van der Waals surface area contributed by atoms with Crippen LogP contribution in [0.4, 0.5) is 0 Å². The second kappa shape index (κ2) is 16.7. The van der Waals surface area contributed by atoms with Crippen molar-refractivity contribution in [1.29, 1.82) is 0 Å². The van der Waals surface area contributed by atoms with Gasteiger partial charge in [-0.3, -0.25) is 19.2 Å². The van der Waals surface area contributed by atoms with Gasteiger partial charge >= 0.3 is 5.97 Å². The van der Waals surface area contributed by atoms with Gasteiger partial charge in [0.1, 0.15) is 18.2 Å². The first-order valence-electron chi connectivity index (χ1n) is 16.5. The minimum atomic E-state index is -1.18. The Morgan fingerprint density at radius 2 is 1.96 bits per heavy atom. The Bertz CT molecular complexity index is 1250. The van der Waals surface area contributed by atoms with Crippen molar-refractivity contribution in [2.75, 3.05) is 32.8 Å². The molecular weight excluding hydrogens is 654 g/mol. The summed E-state index contributed by atoms with van der Waals surface area (Å²) in [6, 6.07) is 7.69. The lowest BCUT2D eigenvalue weighted by molar-refractivity contribution is -0.148. The Kier molecular flexibility index (Phi) is 13.0. The fourth-order valence-corrected chi connectivity index (χ4v) is 8.10. The molecule has 10 nitrogen and oxygen atoms in total. The highest BCUT2D eigenvalue weighted by molar-refractivity contribution is 9.09. The molecule has 11 heteroatoms. The third-order valence-electron chi connectivity index (χ3n) is 9.31. The van der Waals surface area contributed by atoms with Crippen LogP contribution in [0.25, 0.3) is 0 Å². The number of esters is 1. The molecular formula is C35H48BrN3O7. The van der Waals surface area contributed by atoms with Crippen LogP contribution >= 0.6 is 15.9 Å². The molecule has 1 aromatic rings. The Balaban J connectivity index is 1.64. The summed E-state index contributed by atoms with van der Waals surface area (Å²) in [7, 11) is 0. The standard InChI is InChI=1S/C35H48BrN3O7/c1-4-7-12-19-38(18-6-3)34(44)31-35-22-25(36)30(46-35)28(29(35)33(43)39(31)20-13-14-21-40)32(42)37-26(24-15-10-9-11-16-24)23-45-27(41)17-8-5-2/h5-6,9-11,15-16,25-26,28-31,40H,2-4,7-8,12-14,17-23H2,1H3,(H,37,42)/t25?,26-,28+,29-,30+,31+,35-/m1/s1. The number of amides is 3. The number of nitrogens with one attached hydrogen (secondary N) is 1. The van der Waals surface area contributed by atoms with E-state index in [1.165, 1.54) is 0 Å². The van der Waals surface area contributed by atoms with E-state index in [-0.39, 0.29) is 48.7 Å². The van der Waals surface area contributed by atoms with E-state index in [0.717, 1.165) is 24.8 Å². The molecule has 3 aliphatic rings. The SMILES string of the molecule is C=CCCC(=O)OC[C@@H](NC(=O)[C@@H]1[C@H]2O[C@@]3(CC2Br)[C@H](C(=O)N(CC=C)CCCCC)N(CCCCO)C(=O)[C@@H]13)c1ccccc1. The van der Waals surface area contributed by atoms with E-state index in [1.807, 2.05) is 30.3 Å². The third-order valence-corrected chi connectivity index (χ3v) is 10.2. The zero-order valence-corrected chi connectivity index (χ0v) is 28.4. The van der Waals surface area contributed by atoms with Gasteiger partial charge in [0.2, 0.25) is 17.7 Å². The molecule has 0 aliphatic carbocycles. The van der Waals surface area contributed by atoms with Crippen molar-refractivity contribution in [1.82, 2.24) is 15.1 Å². The maximum Gasteiger partial charge on any atom is 0.306 e. The van der Waals surface area contributed by atoms with Crippen LogP contribution in [0, 0.1) is 11.8 Å². The quantitative estimate of drug-likeness (QED) is 0.0964. The van der Waals surface area contributed by atoms with E-state index in [0.29, 0.717) is 38.8 Å². The highest BCUT2D eigenvalue weighted by Gasteiger charge is 2.76. The summed E-state index contributed by atoms with van der Waals surface area (Å²) in [5.74, 6) is -2.99. The van der Waals surface area contributed by atoms with E-state index in [9.17, 15) is 24.3 Å². The molecule has 3 amide bonds. The van der Waals surface area contributed by atoms with Crippen molar-refractivity contribution in [3.63, 3.8) is 0 Å². The van der Waals surface area contributed by atoms with Gasteiger partial charge in [-0.1, -0.05) is 78.2 Å². The minimum absolute atomic E-state index is 0.0268. The van der Waals surface area contributed by atoms with Crippen molar-refractivity contribution in [3.05, 3.63) is 61.2 Å². The maximum atomic E-state index is 14.4. The Morgan fingerprint density at radius 1 is 1.20 bits per heavy atom. The average molecular weight is 703 g/mol. The first kappa shape index (κ1) is 35.8. The molecule has 252 valence electrons. The molecule has 4 rings (SSSR count). The van der Waals surface area contributed by atoms with Crippen LogP contribution in [0.15, 0.2) is 55.6 Å². The van der Waals surface area contributed by atoms with Gasteiger partial charge in [-0.2, -0.15) is 0 Å². The number of unbranched alkanes of at least 4 members (excludes halogenated alkanes) is 3. The summed E-state index contributed by atoms with van der Waals surface area (Å²) in [4.78, 5) is 58.4. The van der Waals surface area contributed by atoms with Crippen molar-refractivity contribution < 1.29 is 33.8 Å². The summed E-state index contributed by atoms with van der Waals surface area (Å²) in [5, 5.41) is 12.5. The van der Waals surface area contributed by atoms with E-state index < -0.39 is 41.6 Å². The maximum absolute atomic E-state index is 14.4. The van der Waals surface area contributed by atoms with Crippen LogP contribution in [0.3, 0.4) is 0 Å². The molecule has 1 unspecified atom stereocenters. The van der Waals surface area contributed by atoms with Gasteiger partial charge in [0.05, 0.1) is 24.0 Å². The highest BCUT2D eigenvalue weighted by Crippen LogP contribution is 2.60. The van der Waals surface area contributed by atoms with Crippen molar-refractivity contribution >= 4 is 39.6 Å². The number of halogens is 1. The van der Waals surface area contributed by atoms with Gasteiger partial charge in [0.25, 0.3) is 0 Å². The molecule has 7 atom stereocenters. The molecule has 0 saturated carbocycles. The molecule has 3 saturated heterocycles. The van der Waals surface area contributed by atoms with Gasteiger partial charge in [-0.25, -0.2) is 0 Å². The summed E-state index contributed by atoms with van der Waals surface area (Å²) >= 11 is 3.73. The molecule has 3 fully saturated rings. The molecule has 2 N–H and O–H groups in total. The number of likely N-dealkylation sites (tertiary alicyclic amines) is 1. The normalized spacial score (nSPS) is 26.8. The van der Waals surface area contributed by atoms with Crippen LogP contribution in [0.2, 0.25) is 0 Å². The number of hydrogen-bond donors (Lipinski definition) is 2. The number of aliphatic hydroxyl groups is 1. The van der Waals surface area contributed by atoms with Crippen LogP contribution in [-0.4, -0.2) is 94.0 Å². The summed E-state index contributed by atoms with van der Waals surface area (Å²) in [6.07, 6.45) is 7.58. The fraction of sp³-hybridized carbons (Fsp3) is 0.600. The fourth-order valence-electron chi connectivity index (χ4n) is 7.16. The van der Waals surface area contributed by atoms with E-state index in [1.54, 1.807) is 22.0 Å². The molecule has 3 aliphatic heterocycles. The zero-order valence-electron chi connectivity index (χ0n) is 26.8. The lowest BCUT2D eigenvalue weighted by Gasteiger charge is -2.37. The van der Waals surface area contributed by atoms with Gasteiger partial charge in [-0.05, 0) is 37.7 Å². The Labute approximate surface area is 280 Å². The Hall–Kier alpha value is -3.02. The van der Waals surface area contributed by atoms with Gasteiger partial charge in [-0.15, -0.1) is 13.2 Å². The first-order chi connectivity index (χ1) is 22.2. The molecule has 0 aromatic heterocycles. The smallest absolute Gasteiger partial charge is 0.306 e. The number of rotatable bonds is 19. The van der Waals surface area contributed by atoms with Gasteiger partial charge in [0.15, 0.2) is 0 Å². The molecule has 46 heavy (non-hydrogen) atoms. The Morgan fingerprint density at radius 3 is 2.63 bits per heavy atom. The van der Waals surface area contributed by atoms with Gasteiger partial charge < -0.3 is 29.7 Å². The topological polar surface area (TPSA) is 125 Å². The summed E-state index contributed by atoms with van der Waals surface area (Å²) in [6.45, 7) is 10.6. The number of carbonyl (C=O) groups excluding carboxylic acids is 4. The number of benzene rings is 1. The number of ether oxygens (including phenoxy) is 2. The number of carbonyl (C=O) groups is 4. The second-order valence-corrected chi connectivity index (χ2v) is 13.6. The number of aliphatic hydroxyl groups excluding tert-OH is 1. The first-order valence-corrected chi connectivity index (χ1v) is 17.4. The highest BCUT2D eigenvalue weighted by atomic mass is 79.9. The number of nitrogens with zero attached hydrogens (tertiary/aromatic N) is 2. The van der Waals surface area contributed by atoms with Crippen molar-refractivity contribution in [3.8, 4) is 0 Å². The number of alkyl halides is 1. The second-order valence-electron chi connectivity index (χ2n) is 12.4. The van der Waals surface area contributed by atoms with E-state index in [4.69, 9.17) is 9.47 Å². The van der Waals surface area contributed by atoms with Crippen molar-refractivity contribution in [2.45, 2.75) is 86.9 Å². The molecule has 2 bridgehead atoms. The predicted octanol–water partition coefficient (Wildman–Crippen LogP) is 4.08. The average Bonchev–Trinajstić information content (AvgIpc) is 3.65. The molecule has 1 aromatic carbocycles. The van der Waals surface area contributed by atoms with Crippen LogP contribution in [0.1, 0.15) is 69.9 Å². The molecule has 1 spiro atoms. The molecule has 3 heterocycles. The molecule has 0 radical (unpaired) electrons. The third kappa shape index (κ3) is 7.58. The number of allylic oxidation sites excluding steroid dienone is 1. The van der Waals surface area contributed by atoms with Crippen LogP contribution < -0.4 is 5.32 Å². The summed E-state index contributed by atoms with van der Waals surface area (Å²) in [5.41, 5.74) is -0.428. The van der Waals surface area contributed by atoms with Gasteiger partial charge in [0, 0.05) is 37.5 Å². The zero-order chi connectivity index (χ0) is 33.3. The van der Waals surface area contributed by atoms with Crippen LogP contribution in [-0.2, 0) is 28.7 Å². The van der Waals surface area contributed by atoms with E-state index in [2.05, 4.69) is 41.3 Å². The van der Waals surface area contributed by atoms with Crippen LogP contribution in [0.5, 0.6) is 0 Å². The number of hydrogen-bond acceptors (Lipinski definition) is 7. The number of fused-ring (bicyclic) bond motifs is 1. The van der Waals surface area contributed by atoms with E-state index >= 15 is 0 Å². The monoisotopic (exact) mass is 701 g/mol. The largest absolute Gasteiger partial charge is 0.463 e. The lowest BCUT2D eigenvalue weighted by Crippen LogP contribution is -2.57. The predicted molar refractivity (Wildman–Crippen MR) is 178 cm³/mol. The van der Waals surface area contributed by atoms with Crippen molar-refractivity contribution in [2.24, 2.45) is 11.8 Å².